The molecule has 0 saturated heterocycles. The van der Waals surface area contributed by atoms with Gasteiger partial charge in [-0.1, -0.05) is 110 Å². The highest BCUT2D eigenvalue weighted by atomic mass is 31.2. The van der Waals surface area contributed by atoms with Crippen molar-refractivity contribution in [2.75, 3.05) is 6.61 Å². The number of carbonyl (C=O) groups is 1. The summed E-state index contributed by atoms with van der Waals surface area (Å²) in [6.07, 6.45) is 18.1. The summed E-state index contributed by atoms with van der Waals surface area (Å²) in [5, 5.41) is 19.5. The van der Waals surface area contributed by atoms with Gasteiger partial charge in [0.25, 0.3) is 0 Å². The van der Waals surface area contributed by atoms with Gasteiger partial charge in [-0.05, 0) is 6.42 Å². The van der Waals surface area contributed by atoms with Crippen molar-refractivity contribution in [3.8, 4) is 0 Å². The van der Waals surface area contributed by atoms with Crippen LogP contribution in [0, 0.1) is 0 Å². The summed E-state index contributed by atoms with van der Waals surface area (Å²) in [5.74, 6) is 0. The molecular formula is C22H45O7P. The number of hydrogen-bond acceptors (Lipinski definition) is 5. The Kier molecular flexibility index (Phi) is 18.9. The van der Waals surface area contributed by atoms with Gasteiger partial charge in [-0.2, -0.15) is 0 Å². The van der Waals surface area contributed by atoms with Gasteiger partial charge in [0, 0.05) is 0 Å². The van der Waals surface area contributed by atoms with E-state index in [9.17, 15) is 19.6 Å². The van der Waals surface area contributed by atoms with Crippen molar-refractivity contribution in [1.29, 1.82) is 0 Å². The second kappa shape index (κ2) is 19.2. The summed E-state index contributed by atoms with van der Waals surface area (Å²) < 4.78 is 14.9. The van der Waals surface area contributed by atoms with E-state index >= 15 is 0 Å². The molecule has 0 saturated carbocycles. The van der Waals surface area contributed by atoms with Crippen molar-refractivity contribution in [3.63, 3.8) is 0 Å². The lowest BCUT2D eigenvalue weighted by Gasteiger charge is -2.17. The number of unbranched alkanes of at least 4 members (excludes halogenated alkanes) is 15. The zero-order valence-corrected chi connectivity index (χ0v) is 19.7. The lowest BCUT2D eigenvalue weighted by molar-refractivity contribution is -0.0205. The SMILES string of the molecule is CCCCCCCCCCCCCCCCCCC(O)[C@@H](O)COC(=O)P(=O)(O)O. The molecule has 8 heteroatoms. The van der Waals surface area contributed by atoms with E-state index in [0.717, 1.165) is 19.3 Å². The fraction of sp³-hybridized carbons (Fsp3) is 0.955. The average molecular weight is 453 g/mol. The van der Waals surface area contributed by atoms with Crippen molar-refractivity contribution in [3.05, 3.63) is 0 Å². The highest BCUT2D eigenvalue weighted by Crippen LogP contribution is 2.36. The molecular weight excluding hydrogens is 407 g/mol. The molecule has 0 aromatic heterocycles. The van der Waals surface area contributed by atoms with Crippen molar-refractivity contribution in [2.45, 2.75) is 128 Å². The zero-order valence-electron chi connectivity index (χ0n) is 18.8. The van der Waals surface area contributed by atoms with E-state index in [1.165, 1.54) is 83.5 Å². The molecule has 0 aromatic carbocycles. The maximum absolute atomic E-state index is 10.9. The summed E-state index contributed by atoms with van der Waals surface area (Å²) in [4.78, 5) is 28.1. The molecule has 4 N–H and O–H groups in total. The quantitative estimate of drug-likeness (QED) is 0.131. The van der Waals surface area contributed by atoms with Gasteiger partial charge in [0.1, 0.15) is 12.7 Å². The zero-order chi connectivity index (χ0) is 22.7. The van der Waals surface area contributed by atoms with Crippen LogP contribution >= 0.6 is 7.60 Å². The van der Waals surface area contributed by atoms with Gasteiger partial charge in [-0.25, -0.2) is 9.36 Å². The largest absolute Gasteiger partial charge is 0.454 e. The minimum atomic E-state index is -4.95. The van der Waals surface area contributed by atoms with Crippen molar-refractivity contribution in [2.24, 2.45) is 0 Å². The Labute approximate surface area is 182 Å². The molecule has 1 unspecified atom stereocenters. The number of rotatable bonds is 21. The molecule has 0 spiro atoms. The Morgan fingerprint density at radius 1 is 0.700 bits per heavy atom. The lowest BCUT2D eigenvalue weighted by atomic mass is 10.0. The predicted molar refractivity (Wildman–Crippen MR) is 120 cm³/mol. The lowest BCUT2D eigenvalue weighted by Crippen LogP contribution is -2.31. The normalized spacial score (nSPS) is 13.9. The van der Waals surface area contributed by atoms with Crippen molar-refractivity contribution >= 4 is 13.3 Å². The maximum Gasteiger partial charge on any atom is 0.433 e. The van der Waals surface area contributed by atoms with Crippen LogP contribution in [-0.4, -0.2) is 44.5 Å². The minimum absolute atomic E-state index is 0.368. The van der Waals surface area contributed by atoms with Gasteiger partial charge in [-0.15, -0.1) is 0 Å². The van der Waals surface area contributed by atoms with Gasteiger partial charge < -0.3 is 24.7 Å². The highest BCUT2D eigenvalue weighted by molar-refractivity contribution is 7.69. The second-order valence-electron chi connectivity index (χ2n) is 8.35. The van der Waals surface area contributed by atoms with Crippen LogP contribution in [0.3, 0.4) is 0 Å². The molecule has 0 rings (SSSR count). The van der Waals surface area contributed by atoms with Crippen LogP contribution in [0.1, 0.15) is 116 Å². The molecule has 7 nitrogen and oxygen atoms in total. The first kappa shape index (κ1) is 29.5. The predicted octanol–water partition coefficient (Wildman–Crippen LogP) is 5.67. The van der Waals surface area contributed by atoms with Crippen LogP contribution in [0.5, 0.6) is 0 Å². The van der Waals surface area contributed by atoms with Gasteiger partial charge in [0.05, 0.1) is 6.10 Å². The third-order valence-electron chi connectivity index (χ3n) is 5.41. The smallest absolute Gasteiger partial charge is 0.433 e. The standard InChI is InChI=1S/C22H45O7P/c1-2-3-4-5-6-7-8-9-10-11-12-13-14-15-16-17-18-20(23)21(24)19-29-22(25)30(26,27)28/h20-21,23-24H,2-19H2,1H3,(H2,26,27,28)/t20?,21-/m0/s1. The van der Waals surface area contributed by atoms with E-state index < -0.39 is 32.1 Å². The summed E-state index contributed by atoms with van der Waals surface area (Å²) in [5.41, 5.74) is -1.68. The fourth-order valence-corrected chi connectivity index (χ4v) is 3.69. The molecule has 0 fully saturated rings. The van der Waals surface area contributed by atoms with Crippen LogP contribution in [0.4, 0.5) is 4.79 Å². The summed E-state index contributed by atoms with van der Waals surface area (Å²) >= 11 is 0. The third-order valence-corrected chi connectivity index (χ3v) is 6.02. The molecule has 0 heterocycles. The first-order valence-electron chi connectivity index (χ1n) is 11.9. The third kappa shape index (κ3) is 18.3. The molecule has 0 aliphatic carbocycles. The summed E-state index contributed by atoms with van der Waals surface area (Å²) in [7, 11) is -4.95. The van der Waals surface area contributed by atoms with Gasteiger partial charge in [0.15, 0.2) is 0 Å². The van der Waals surface area contributed by atoms with Crippen LogP contribution in [0.25, 0.3) is 0 Å². The molecule has 0 aromatic rings. The average Bonchev–Trinajstić information content (AvgIpc) is 2.70. The maximum atomic E-state index is 10.9. The van der Waals surface area contributed by atoms with Crippen LogP contribution in [-0.2, 0) is 9.30 Å². The molecule has 2 atom stereocenters. The molecule has 0 aliphatic heterocycles. The number of carbonyl (C=O) groups excluding carboxylic acids is 1. The topological polar surface area (TPSA) is 124 Å². The summed E-state index contributed by atoms with van der Waals surface area (Å²) in [6.45, 7) is 1.63. The highest BCUT2D eigenvalue weighted by Gasteiger charge is 2.29. The number of ether oxygens (including phenoxy) is 1. The fourth-order valence-electron chi connectivity index (χ4n) is 3.45. The second-order valence-corrected chi connectivity index (χ2v) is 9.80. The number of hydrogen-bond donors (Lipinski definition) is 4. The molecule has 0 aliphatic rings. The summed E-state index contributed by atoms with van der Waals surface area (Å²) in [6, 6.07) is 0. The van der Waals surface area contributed by atoms with Crippen LogP contribution in [0.2, 0.25) is 0 Å². The van der Waals surface area contributed by atoms with Crippen molar-refractivity contribution in [1.82, 2.24) is 0 Å². The molecule has 30 heavy (non-hydrogen) atoms. The van der Waals surface area contributed by atoms with E-state index in [1.54, 1.807) is 0 Å². The van der Waals surface area contributed by atoms with Gasteiger partial charge >= 0.3 is 13.3 Å². The van der Waals surface area contributed by atoms with E-state index in [0.29, 0.717) is 6.42 Å². The van der Waals surface area contributed by atoms with E-state index in [-0.39, 0.29) is 0 Å². The minimum Gasteiger partial charge on any atom is -0.454 e. The van der Waals surface area contributed by atoms with Crippen molar-refractivity contribution < 1.29 is 34.1 Å². The Hall–Kier alpha value is -0.460. The monoisotopic (exact) mass is 452 g/mol. The first-order valence-corrected chi connectivity index (χ1v) is 13.5. The first-order chi connectivity index (χ1) is 14.3. The number of aliphatic hydroxyl groups excluding tert-OH is 2. The molecule has 0 radical (unpaired) electrons. The Bertz CT molecular complexity index is 453. The molecule has 0 bridgehead atoms. The van der Waals surface area contributed by atoms with E-state index in [4.69, 9.17) is 9.79 Å². The Morgan fingerprint density at radius 3 is 1.43 bits per heavy atom. The number of aliphatic hydroxyl groups is 2. The van der Waals surface area contributed by atoms with E-state index in [2.05, 4.69) is 11.7 Å². The van der Waals surface area contributed by atoms with E-state index in [1.807, 2.05) is 0 Å². The Morgan fingerprint density at radius 2 is 1.07 bits per heavy atom. The molecule has 0 amide bonds. The van der Waals surface area contributed by atoms with Crippen LogP contribution in [0.15, 0.2) is 0 Å². The Balaban J connectivity index is 3.39. The van der Waals surface area contributed by atoms with Gasteiger partial charge in [0.2, 0.25) is 0 Å². The van der Waals surface area contributed by atoms with Gasteiger partial charge in [-0.3, -0.25) is 0 Å². The molecule has 180 valence electrons. The van der Waals surface area contributed by atoms with Crippen LogP contribution < -0.4 is 0 Å².